The first kappa shape index (κ1) is 18.1. The number of morpholine rings is 1. The van der Waals surface area contributed by atoms with Gasteiger partial charge in [-0.25, -0.2) is 9.97 Å². The minimum absolute atomic E-state index is 0. The number of hydrogen-bond donors (Lipinski definition) is 2. The van der Waals surface area contributed by atoms with Crippen LogP contribution in [0.25, 0.3) is 0 Å². The van der Waals surface area contributed by atoms with Crippen molar-refractivity contribution >= 4 is 18.3 Å². The molecule has 1 aliphatic carbocycles. The molecule has 1 unspecified atom stereocenters. The van der Waals surface area contributed by atoms with Crippen LogP contribution in [0, 0.1) is 6.92 Å². The van der Waals surface area contributed by atoms with E-state index in [1.165, 1.54) is 24.1 Å². The molecular formula is C16H25ClN4O2. The molecule has 6 nitrogen and oxygen atoms in total. The van der Waals surface area contributed by atoms with Crippen LogP contribution in [0.4, 0.5) is 0 Å². The van der Waals surface area contributed by atoms with Crippen molar-refractivity contribution in [2.24, 2.45) is 0 Å². The van der Waals surface area contributed by atoms with Crippen LogP contribution in [0.3, 0.4) is 0 Å². The first-order chi connectivity index (χ1) is 10.7. The molecule has 1 amide bonds. The summed E-state index contributed by atoms with van der Waals surface area (Å²) in [4.78, 5) is 21.2. The topological polar surface area (TPSA) is 76.1 Å². The zero-order valence-corrected chi connectivity index (χ0v) is 14.4. The second-order valence-corrected chi connectivity index (χ2v) is 6.06. The number of nitrogens with zero attached hydrogens (tertiary/aromatic N) is 2. The number of hydrogen-bond acceptors (Lipinski definition) is 5. The van der Waals surface area contributed by atoms with Gasteiger partial charge in [-0.05, 0) is 38.2 Å². The Morgan fingerprint density at radius 3 is 2.96 bits per heavy atom. The predicted octanol–water partition coefficient (Wildman–Crippen LogP) is 1.08. The van der Waals surface area contributed by atoms with E-state index in [1.807, 2.05) is 6.92 Å². The molecular weight excluding hydrogens is 316 g/mol. The Balaban J connectivity index is 0.00000192. The molecule has 2 N–H and O–H groups in total. The van der Waals surface area contributed by atoms with Gasteiger partial charge >= 0.3 is 0 Å². The van der Waals surface area contributed by atoms with Crippen LogP contribution >= 0.6 is 12.4 Å². The fourth-order valence-corrected chi connectivity index (χ4v) is 3.15. The van der Waals surface area contributed by atoms with Crippen molar-refractivity contribution < 1.29 is 9.53 Å². The molecule has 7 heteroatoms. The van der Waals surface area contributed by atoms with Crippen molar-refractivity contribution in [3.63, 3.8) is 0 Å². The predicted molar refractivity (Wildman–Crippen MR) is 89.7 cm³/mol. The smallest absolute Gasteiger partial charge is 0.222 e. The Hall–Kier alpha value is -1.24. The highest BCUT2D eigenvalue weighted by Gasteiger charge is 2.18. The molecule has 2 aliphatic rings. The Bertz CT molecular complexity index is 547. The SMILES string of the molecule is Cc1nc(CNC(=O)CC2COCCN2)nc2c1CCCC2.Cl. The third-order valence-electron chi connectivity index (χ3n) is 4.31. The zero-order valence-electron chi connectivity index (χ0n) is 13.6. The van der Waals surface area contributed by atoms with E-state index in [9.17, 15) is 4.79 Å². The van der Waals surface area contributed by atoms with Gasteiger partial charge in [-0.2, -0.15) is 0 Å². The van der Waals surface area contributed by atoms with Gasteiger partial charge in [0.25, 0.3) is 0 Å². The molecule has 1 atom stereocenters. The monoisotopic (exact) mass is 340 g/mol. The van der Waals surface area contributed by atoms with E-state index in [1.54, 1.807) is 0 Å². The maximum absolute atomic E-state index is 12.0. The lowest BCUT2D eigenvalue weighted by Crippen LogP contribution is -2.44. The number of halogens is 1. The number of ether oxygens (including phenoxy) is 1. The highest BCUT2D eigenvalue weighted by molar-refractivity contribution is 5.85. The van der Waals surface area contributed by atoms with Gasteiger partial charge in [0.1, 0.15) is 5.82 Å². The van der Waals surface area contributed by atoms with Gasteiger partial charge in [-0.15, -0.1) is 12.4 Å². The second-order valence-electron chi connectivity index (χ2n) is 6.06. The van der Waals surface area contributed by atoms with Gasteiger partial charge in [0, 0.05) is 30.4 Å². The first-order valence-corrected chi connectivity index (χ1v) is 8.15. The van der Waals surface area contributed by atoms with Crippen LogP contribution in [0.5, 0.6) is 0 Å². The summed E-state index contributed by atoms with van der Waals surface area (Å²) in [6.07, 6.45) is 4.97. The first-order valence-electron chi connectivity index (χ1n) is 8.15. The number of aryl methyl sites for hydroxylation is 2. The molecule has 1 fully saturated rings. The van der Waals surface area contributed by atoms with E-state index in [-0.39, 0.29) is 24.4 Å². The lowest BCUT2D eigenvalue weighted by Gasteiger charge is -2.23. The van der Waals surface area contributed by atoms with Crippen LogP contribution < -0.4 is 10.6 Å². The van der Waals surface area contributed by atoms with Crippen molar-refractivity contribution in [1.29, 1.82) is 0 Å². The fraction of sp³-hybridized carbons (Fsp3) is 0.688. The largest absolute Gasteiger partial charge is 0.378 e. The minimum atomic E-state index is 0. The molecule has 0 spiro atoms. The lowest BCUT2D eigenvalue weighted by molar-refractivity contribution is -0.122. The maximum atomic E-state index is 12.0. The van der Waals surface area contributed by atoms with Gasteiger partial charge < -0.3 is 15.4 Å². The lowest BCUT2D eigenvalue weighted by atomic mass is 9.95. The molecule has 0 saturated carbocycles. The fourth-order valence-electron chi connectivity index (χ4n) is 3.15. The summed E-state index contributed by atoms with van der Waals surface area (Å²) in [5, 5.41) is 6.20. The van der Waals surface area contributed by atoms with E-state index in [4.69, 9.17) is 4.74 Å². The Morgan fingerprint density at radius 2 is 2.17 bits per heavy atom. The Labute approximate surface area is 143 Å². The summed E-state index contributed by atoms with van der Waals surface area (Å²) in [5.74, 6) is 0.737. The van der Waals surface area contributed by atoms with Crippen LogP contribution in [-0.4, -0.2) is 41.7 Å². The van der Waals surface area contributed by atoms with E-state index in [2.05, 4.69) is 20.6 Å². The molecule has 1 saturated heterocycles. The maximum Gasteiger partial charge on any atom is 0.222 e. The number of carbonyl (C=O) groups is 1. The average molecular weight is 341 g/mol. The molecule has 1 aromatic heterocycles. The molecule has 0 aromatic carbocycles. The van der Waals surface area contributed by atoms with Gasteiger partial charge in [-0.3, -0.25) is 4.79 Å². The quantitative estimate of drug-likeness (QED) is 0.857. The number of carbonyl (C=O) groups excluding carboxylic acids is 1. The minimum Gasteiger partial charge on any atom is -0.378 e. The summed E-state index contributed by atoms with van der Waals surface area (Å²) in [5.41, 5.74) is 3.55. The third-order valence-corrected chi connectivity index (χ3v) is 4.31. The zero-order chi connectivity index (χ0) is 15.4. The van der Waals surface area contributed by atoms with Crippen LogP contribution in [0.2, 0.25) is 0 Å². The standard InChI is InChI=1S/C16H24N4O2.ClH/c1-11-13-4-2-3-5-14(13)20-15(19-11)9-18-16(21)8-12-10-22-7-6-17-12;/h12,17H,2-10H2,1H3,(H,18,21);1H. The summed E-state index contributed by atoms with van der Waals surface area (Å²) >= 11 is 0. The van der Waals surface area contributed by atoms with E-state index in [0.29, 0.717) is 19.6 Å². The van der Waals surface area contributed by atoms with Gasteiger partial charge in [-0.1, -0.05) is 0 Å². The van der Waals surface area contributed by atoms with Crippen molar-refractivity contribution in [3.05, 3.63) is 22.8 Å². The Kier molecular flexibility index (Phi) is 6.74. The van der Waals surface area contributed by atoms with Gasteiger partial charge in [0.2, 0.25) is 5.91 Å². The van der Waals surface area contributed by atoms with Crippen molar-refractivity contribution in [3.8, 4) is 0 Å². The summed E-state index contributed by atoms with van der Waals surface area (Å²) in [6, 6.07) is 0.111. The molecule has 0 radical (unpaired) electrons. The normalized spacial score (nSPS) is 20.3. The van der Waals surface area contributed by atoms with E-state index < -0.39 is 0 Å². The summed E-state index contributed by atoms with van der Waals surface area (Å²) < 4.78 is 5.36. The number of nitrogens with one attached hydrogen (secondary N) is 2. The third kappa shape index (κ3) is 4.86. The number of aromatic nitrogens is 2. The highest BCUT2D eigenvalue weighted by atomic mass is 35.5. The van der Waals surface area contributed by atoms with E-state index in [0.717, 1.165) is 37.5 Å². The molecule has 1 aromatic rings. The molecule has 23 heavy (non-hydrogen) atoms. The summed E-state index contributed by atoms with van der Waals surface area (Å²) in [6.45, 7) is 4.58. The van der Waals surface area contributed by atoms with Crippen LogP contribution in [-0.2, 0) is 28.9 Å². The molecule has 128 valence electrons. The average Bonchev–Trinajstić information content (AvgIpc) is 2.54. The van der Waals surface area contributed by atoms with Crippen LogP contribution in [0.1, 0.15) is 42.0 Å². The second kappa shape index (κ2) is 8.57. The number of fused-ring (bicyclic) bond motifs is 1. The van der Waals surface area contributed by atoms with Gasteiger partial charge in [0.05, 0.1) is 19.8 Å². The molecule has 2 heterocycles. The van der Waals surface area contributed by atoms with Gasteiger partial charge in [0.15, 0.2) is 0 Å². The van der Waals surface area contributed by atoms with Crippen molar-refractivity contribution in [1.82, 2.24) is 20.6 Å². The highest BCUT2D eigenvalue weighted by Crippen LogP contribution is 2.21. The van der Waals surface area contributed by atoms with Crippen molar-refractivity contribution in [2.45, 2.75) is 51.6 Å². The molecule has 3 rings (SSSR count). The summed E-state index contributed by atoms with van der Waals surface area (Å²) in [7, 11) is 0. The van der Waals surface area contributed by atoms with Crippen LogP contribution in [0.15, 0.2) is 0 Å². The van der Waals surface area contributed by atoms with Crippen molar-refractivity contribution in [2.75, 3.05) is 19.8 Å². The number of amides is 1. The number of rotatable bonds is 4. The van der Waals surface area contributed by atoms with E-state index >= 15 is 0 Å². The molecule has 1 aliphatic heterocycles. The molecule has 0 bridgehead atoms. The Morgan fingerprint density at radius 1 is 1.35 bits per heavy atom.